The number of rotatable bonds is 4. The van der Waals surface area contributed by atoms with Crippen molar-refractivity contribution in [2.45, 2.75) is 51.5 Å². The number of piperazine rings is 1. The second kappa shape index (κ2) is 6.93. The monoisotopic (exact) mass is 286 g/mol. The van der Waals surface area contributed by atoms with Crippen LogP contribution in [0, 0.1) is 5.41 Å². The van der Waals surface area contributed by atoms with Gasteiger partial charge in [0, 0.05) is 32.2 Å². The third kappa shape index (κ3) is 4.31. The van der Waals surface area contributed by atoms with Gasteiger partial charge in [0.2, 0.25) is 0 Å². The van der Waals surface area contributed by atoms with Gasteiger partial charge in [0.15, 0.2) is 0 Å². The van der Waals surface area contributed by atoms with E-state index in [4.69, 9.17) is 0 Å². The Bertz CT molecular complexity index is 422. The second-order valence-corrected chi connectivity index (χ2v) is 7.45. The first-order valence-electron chi connectivity index (χ1n) is 8.73. The lowest BCUT2D eigenvalue weighted by atomic mass is 9.75. The van der Waals surface area contributed by atoms with Gasteiger partial charge in [-0.05, 0) is 30.2 Å². The van der Waals surface area contributed by atoms with E-state index in [2.05, 4.69) is 47.5 Å². The summed E-state index contributed by atoms with van der Waals surface area (Å²) in [6.07, 6.45) is 8.36. The van der Waals surface area contributed by atoms with Crippen molar-refractivity contribution in [2.24, 2.45) is 5.41 Å². The number of nitrogens with one attached hydrogen (secondary N) is 1. The zero-order chi connectivity index (χ0) is 14.5. The summed E-state index contributed by atoms with van der Waals surface area (Å²) < 4.78 is 0. The van der Waals surface area contributed by atoms with E-state index < -0.39 is 0 Å². The van der Waals surface area contributed by atoms with E-state index in [9.17, 15) is 0 Å². The quantitative estimate of drug-likeness (QED) is 0.911. The molecule has 1 aromatic carbocycles. The molecule has 1 saturated heterocycles. The molecular formula is C19H30N2. The molecule has 21 heavy (non-hydrogen) atoms. The summed E-state index contributed by atoms with van der Waals surface area (Å²) in [5.41, 5.74) is 2.04. The van der Waals surface area contributed by atoms with Crippen LogP contribution in [-0.2, 0) is 6.42 Å². The Kier molecular flexibility index (Phi) is 4.97. The van der Waals surface area contributed by atoms with Gasteiger partial charge in [-0.1, -0.05) is 56.5 Å². The molecule has 0 spiro atoms. The minimum absolute atomic E-state index is 0.576. The smallest absolute Gasteiger partial charge is 0.0235 e. The maximum Gasteiger partial charge on any atom is 0.0235 e. The molecule has 0 radical (unpaired) electrons. The molecule has 1 aromatic rings. The zero-order valence-electron chi connectivity index (χ0n) is 13.5. The van der Waals surface area contributed by atoms with Gasteiger partial charge in [0.05, 0.1) is 0 Å². The fourth-order valence-electron chi connectivity index (χ4n) is 4.18. The van der Waals surface area contributed by atoms with Gasteiger partial charge in [-0.2, -0.15) is 0 Å². The summed E-state index contributed by atoms with van der Waals surface area (Å²) in [5.74, 6) is 0. The van der Waals surface area contributed by atoms with Gasteiger partial charge >= 0.3 is 0 Å². The molecular weight excluding hydrogens is 256 g/mol. The second-order valence-electron chi connectivity index (χ2n) is 7.45. The summed E-state index contributed by atoms with van der Waals surface area (Å²) in [6.45, 7) is 7.40. The van der Waals surface area contributed by atoms with Gasteiger partial charge in [0.25, 0.3) is 0 Å². The van der Waals surface area contributed by atoms with Crippen molar-refractivity contribution in [1.29, 1.82) is 0 Å². The van der Waals surface area contributed by atoms with Crippen LogP contribution >= 0.6 is 0 Å². The van der Waals surface area contributed by atoms with Crippen molar-refractivity contribution in [3.05, 3.63) is 35.9 Å². The number of hydrogen-bond acceptors (Lipinski definition) is 2. The SMILES string of the molecule is CC1(CN2CCNC(Cc3ccccc3)C2)CCCCC1. The van der Waals surface area contributed by atoms with Crippen LogP contribution in [0.3, 0.4) is 0 Å². The first-order valence-corrected chi connectivity index (χ1v) is 8.73. The van der Waals surface area contributed by atoms with E-state index in [1.807, 2.05) is 0 Å². The average Bonchev–Trinajstić information content (AvgIpc) is 2.49. The highest BCUT2D eigenvalue weighted by Gasteiger charge is 2.30. The molecule has 1 heterocycles. The Morgan fingerprint density at radius 3 is 2.67 bits per heavy atom. The summed E-state index contributed by atoms with van der Waals surface area (Å²) in [4.78, 5) is 2.72. The molecule has 0 amide bonds. The van der Waals surface area contributed by atoms with E-state index in [0.717, 1.165) is 13.0 Å². The average molecular weight is 286 g/mol. The van der Waals surface area contributed by atoms with Crippen LogP contribution < -0.4 is 5.32 Å². The van der Waals surface area contributed by atoms with Crippen LogP contribution in [0.5, 0.6) is 0 Å². The van der Waals surface area contributed by atoms with Crippen LogP contribution in [0.25, 0.3) is 0 Å². The molecule has 0 aromatic heterocycles. The van der Waals surface area contributed by atoms with Crippen molar-refractivity contribution in [3.8, 4) is 0 Å². The normalized spacial score (nSPS) is 26.6. The van der Waals surface area contributed by atoms with E-state index in [0.29, 0.717) is 11.5 Å². The van der Waals surface area contributed by atoms with E-state index in [1.54, 1.807) is 0 Å². The molecule has 2 aliphatic rings. The van der Waals surface area contributed by atoms with Crippen molar-refractivity contribution in [2.75, 3.05) is 26.2 Å². The zero-order valence-corrected chi connectivity index (χ0v) is 13.5. The molecule has 1 aliphatic carbocycles. The lowest BCUT2D eigenvalue weighted by Crippen LogP contribution is -2.53. The Morgan fingerprint density at radius 2 is 1.90 bits per heavy atom. The molecule has 1 unspecified atom stereocenters. The Hall–Kier alpha value is -0.860. The van der Waals surface area contributed by atoms with Crippen LogP contribution in [0.2, 0.25) is 0 Å². The van der Waals surface area contributed by atoms with Crippen LogP contribution in [-0.4, -0.2) is 37.1 Å². The van der Waals surface area contributed by atoms with Gasteiger partial charge in [-0.3, -0.25) is 4.90 Å². The molecule has 2 nitrogen and oxygen atoms in total. The minimum Gasteiger partial charge on any atom is -0.311 e. The first kappa shape index (κ1) is 15.1. The molecule has 2 heteroatoms. The van der Waals surface area contributed by atoms with Crippen molar-refractivity contribution in [1.82, 2.24) is 10.2 Å². The first-order chi connectivity index (χ1) is 10.2. The topological polar surface area (TPSA) is 15.3 Å². The molecule has 1 N–H and O–H groups in total. The summed E-state index contributed by atoms with van der Waals surface area (Å²) in [6, 6.07) is 11.5. The van der Waals surface area contributed by atoms with Crippen LogP contribution in [0.4, 0.5) is 0 Å². The highest BCUT2D eigenvalue weighted by molar-refractivity contribution is 5.16. The summed E-state index contributed by atoms with van der Waals surface area (Å²) in [7, 11) is 0. The van der Waals surface area contributed by atoms with Crippen LogP contribution in [0.1, 0.15) is 44.6 Å². The molecule has 2 fully saturated rings. The largest absolute Gasteiger partial charge is 0.311 e. The molecule has 1 atom stereocenters. The maximum absolute atomic E-state index is 3.71. The highest BCUT2D eigenvalue weighted by Crippen LogP contribution is 2.36. The van der Waals surface area contributed by atoms with Crippen molar-refractivity contribution in [3.63, 3.8) is 0 Å². The molecule has 1 saturated carbocycles. The Morgan fingerprint density at radius 1 is 1.14 bits per heavy atom. The Labute approximate surface area is 129 Å². The summed E-state index contributed by atoms with van der Waals surface area (Å²) >= 11 is 0. The molecule has 116 valence electrons. The summed E-state index contributed by atoms with van der Waals surface area (Å²) in [5, 5.41) is 3.71. The van der Waals surface area contributed by atoms with Gasteiger partial charge < -0.3 is 5.32 Å². The lowest BCUT2D eigenvalue weighted by Gasteiger charge is -2.42. The molecule has 3 rings (SSSR count). The molecule has 1 aliphatic heterocycles. The van der Waals surface area contributed by atoms with Crippen molar-refractivity contribution < 1.29 is 0 Å². The highest BCUT2D eigenvalue weighted by atomic mass is 15.2. The third-order valence-electron chi connectivity index (χ3n) is 5.33. The number of benzene rings is 1. The molecule has 0 bridgehead atoms. The third-order valence-corrected chi connectivity index (χ3v) is 5.33. The van der Waals surface area contributed by atoms with Crippen molar-refractivity contribution >= 4 is 0 Å². The lowest BCUT2D eigenvalue weighted by molar-refractivity contribution is 0.0973. The van der Waals surface area contributed by atoms with Crippen LogP contribution in [0.15, 0.2) is 30.3 Å². The fraction of sp³-hybridized carbons (Fsp3) is 0.684. The maximum atomic E-state index is 3.71. The van der Waals surface area contributed by atoms with Gasteiger partial charge in [0.1, 0.15) is 0 Å². The number of hydrogen-bond donors (Lipinski definition) is 1. The number of nitrogens with zero attached hydrogens (tertiary/aromatic N) is 1. The minimum atomic E-state index is 0.576. The van der Waals surface area contributed by atoms with E-state index >= 15 is 0 Å². The van der Waals surface area contributed by atoms with E-state index in [-0.39, 0.29) is 0 Å². The van der Waals surface area contributed by atoms with E-state index in [1.165, 1.54) is 57.3 Å². The standard InChI is InChI=1S/C19H30N2/c1-19(10-6-3-7-11-19)16-21-13-12-20-18(15-21)14-17-8-4-2-5-9-17/h2,4-5,8-9,18,20H,3,6-7,10-16H2,1H3. The Balaban J connectivity index is 1.53. The predicted molar refractivity (Wildman–Crippen MR) is 89.6 cm³/mol. The predicted octanol–water partition coefficient (Wildman–Crippen LogP) is 3.47. The van der Waals surface area contributed by atoms with Gasteiger partial charge in [-0.25, -0.2) is 0 Å². The van der Waals surface area contributed by atoms with Gasteiger partial charge in [-0.15, -0.1) is 0 Å². The fourth-order valence-corrected chi connectivity index (χ4v) is 4.18.